The van der Waals surface area contributed by atoms with Crippen molar-refractivity contribution >= 4 is 68.6 Å². The molecule has 4 heterocycles. The van der Waals surface area contributed by atoms with Crippen LogP contribution in [0.1, 0.15) is 109 Å². The summed E-state index contributed by atoms with van der Waals surface area (Å²) in [6.45, 7) is 1.47. The second-order valence-corrected chi connectivity index (χ2v) is 19.5. The minimum atomic E-state index is -2.93. The molecule has 0 fully saturated rings. The van der Waals surface area contributed by atoms with Crippen molar-refractivity contribution in [1.82, 2.24) is 10.2 Å². The van der Waals surface area contributed by atoms with E-state index < -0.39 is 60.8 Å². The van der Waals surface area contributed by atoms with Gasteiger partial charge in [-0.15, -0.1) is 0 Å². The van der Waals surface area contributed by atoms with E-state index >= 15 is 0 Å². The highest BCUT2D eigenvalue weighted by Gasteiger charge is 2.41. The number of carbonyl (C=O) groups excluding carboxylic acids is 4. The zero-order valence-electron chi connectivity index (χ0n) is 41.8. The van der Waals surface area contributed by atoms with E-state index in [-0.39, 0.29) is 37.1 Å². The third kappa shape index (κ3) is 13.7. The highest BCUT2D eigenvalue weighted by atomic mass is 31.2. The van der Waals surface area contributed by atoms with Crippen LogP contribution < -0.4 is 5.56 Å². The average Bonchev–Trinajstić information content (AvgIpc) is 4.11. The number of hydrogen-bond acceptors (Lipinski definition) is 15. The van der Waals surface area contributed by atoms with Crippen molar-refractivity contribution in [3.05, 3.63) is 252 Å². The van der Waals surface area contributed by atoms with Crippen molar-refractivity contribution < 1.29 is 70.7 Å². The molecule has 3 radical (unpaired) electrons. The number of benzene rings is 7. The van der Waals surface area contributed by atoms with Crippen molar-refractivity contribution in [1.29, 1.82) is 10.5 Å². The number of aromatic carboxylic acids is 1. The summed E-state index contributed by atoms with van der Waals surface area (Å²) in [6.07, 6.45) is 1.40. The van der Waals surface area contributed by atoms with E-state index in [9.17, 15) is 46.5 Å². The number of aromatic amines is 1. The van der Waals surface area contributed by atoms with E-state index in [1.165, 1.54) is 56.2 Å². The molecule has 3 aliphatic heterocycles. The number of aromatic nitrogens is 2. The summed E-state index contributed by atoms with van der Waals surface area (Å²) in [4.78, 5) is 66.9. The number of carboxylic acids is 1. The largest absolute Gasteiger partial charge is 0.478 e. The molecule has 7 aromatic carbocycles. The van der Waals surface area contributed by atoms with E-state index in [1.807, 2.05) is 0 Å². The monoisotopic (exact) mass is 1100 g/mol. The van der Waals surface area contributed by atoms with Gasteiger partial charge in [-0.25, -0.2) is 37.4 Å². The number of fused-ring (bicyclic) bond motifs is 4. The van der Waals surface area contributed by atoms with Gasteiger partial charge in [0, 0.05) is 56.2 Å². The van der Waals surface area contributed by atoms with Crippen LogP contribution in [0.25, 0.3) is 22.6 Å². The number of carbonyl (C=O) groups is 5. The molecule has 80 heavy (non-hydrogen) atoms. The lowest BCUT2D eigenvalue weighted by Crippen LogP contribution is -2.11. The number of cyclic esters (lactones) is 3. The minimum Gasteiger partial charge on any atom is -0.478 e. The minimum absolute atomic E-state index is 0. The Hall–Kier alpha value is -10.0. The van der Waals surface area contributed by atoms with Crippen LogP contribution in [0.4, 0.5) is 13.2 Å². The van der Waals surface area contributed by atoms with Crippen LogP contribution in [0.3, 0.4) is 0 Å². The molecule has 0 spiro atoms. The Morgan fingerprint density at radius 2 is 1.23 bits per heavy atom. The first kappa shape index (κ1) is 59.2. The number of aliphatic hydroxyl groups is 1. The number of nitriles is 2. The molecule has 22 heteroatoms. The second-order valence-electron chi connectivity index (χ2n) is 16.9. The predicted molar refractivity (Wildman–Crippen MR) is 284 cm³/mol. The van der Waals surface area contributed by atoms with Crippen molar-refractivity contribution in [2.45, 2.75) is 18.6 Å². The number of nitrogens with zero attached hydrogens (tertiary/aromatic N) is 3. The smallest absolute Gasteiger partial charge is 0.344 e. The van der Waals surface area contributed by atoms with Gasteiger partial charge in [0.25, 0.3) is 5.56 Å². The molecule has 0 aliphatic carbocycles. The zero-order chi connectivity index (χ0) is 57.0. The molecular weight excluding hydrogens is 1060 g/mol. The molecule has 1 aromatic heterocycles. The number of esters is 3. The SMILES string of the molecule is COP(C)(=O)C1OC(=O)c2ccccc21.N#Cc1cc(/C=C2\OC(=O)c3ccccc32)ccc1F.N#Cc1cc(C=O)ccc1F.O=C(O)c1cc(Cc2n[nH]c(=O)c3ccccc23)ccc1F.O=C1OC(O)c2ccccc21.[B]. The molecule has 3 N–H and O–H groups in total. The zero-order valence-corrected chi connectivity index (χ0v) is 42.7. The van der Waals surface area contributed by atoms with Gasteiger partial charge in [-0.3, -0.25) is 14.2 Å². The highest BCUT2D eigenvalue weighted by Crippen LogP contribution is 2.59. The molecule has 0 saturated carbocycles. The lowest BCUT2D eigenvalue weighted by Gasteiger charge is -2.17. The Bertz CT molecular complexity index is 3950. The average molecular weight is 1100 g/mol. The topological polar surface area (TPSA) is 273 Å². The van der Waals surface area contributed by atoms with Crippen LogP contribution in [0.15, 0.2) is 156 Å². The van der Waals surface area contributed by atoms with Gasteiger partial charge in [0.15, 0.2) is 0 Å². The summed E-state index contributed by atoms with van der Waals surface area (Å²) >= 11 is 0. The number of aliphatic hydroxyl groups excluding tert-OH is 1. The first-order chi connectivity index (χ1) is 37.9. The molecule has 17 nitrogen and oxygen atoms in total. The van der Waals surface area contributed by atoms with Crippen LogP contribution in [0.2, 0.25) is 0 Å². The first-order valence-corrected chi connectivity index (χ1v) is 25.3. The molecule has 3 aliphatic rings. The molecule has 11 rings (SSSR count). The van der Waals surface area contributed by atoms with Crippen LogP contribution in [0, 0.1) is 40.1 Å². The van der Waals surface area contributed by atoms with E-state index in [0.29, 0.717) is 78.6 Å². The fraction of sp³-hybridized carbons (Fsp3) is 0.0862. The van der Waals surface area contributed by atoms with Crippen molar-refractivity contribution in [3.63, 3.8) is 0 Å². The highest BCUT2D eigenvalue weighted by molar-refractivity contribution is 7.58. The van der Waals surface area contributed by atoms with Crippen LogP contribution >= 0.6 is 7.37 Å². The van der Waals surface area contributed by atoms with Gasteiger partial charge in [-0.1, -0.05) is 84.9 Å². The van der Waals surface area contributed by atoms with Crippen molar-refractivity contribution in [2.75, 3.05) is 13.8 Å². The molecule has 3 atom stereocenters. The Morgan fingerprint density at radius 1 is 0.700 bits per heavy atom. The summed E-state index contributed by atoms with van der Waals surface area (Å²) in [5, 5.41) is 42.8. The van der Waals surface area contributed by atoms with E-state index in [4.69, 9.17) is 34.7 Å². The number of hydrogen-bond donors (Lipinski definition) is 3. The molecule has 3 unspecified atom stereocenters. The Labute approximate surface area is 454 Å². The van der Waals surface area contributed by atoms with Crippen LogP contribution in [-0.4, -0.2) is 72.8 Å². The number of halogens is 3. The molecular formula is C58H40BF3N4O13P. The van der Waals surface area contributed by atoms with Gasteiger partial charge >= 0.3 is 23.9 Å². The maximum Gasteiger partial charge on any atom is 0.344 e. The van der Waals surface area contributed by atoms with E-state index in [0.717, 1.165) is 12.1 Å². The van der Waals surface area contributed by atoms with Crippen molar-refractivity contribution in [2.24, 2.45) is 0 Å². The Kier molecular flexibility index (Phi) is 19.5. The quantitative estimate of drug-likeness (QED) is 0.0440. The van der Waals surface area contributed by atoms with Gasteiger partial charge in [-0.05, 0) is 83.9 Å². The Balaban J connectivity index is 0.000000165. The lowest BCUT2D eigenvalue weighted by molar-refractivity contribution is -0.0548. The number of ether oxygens (including phenoxy) is 3. The van der Waals surface area contributed by atoms with Gasteiger partial charge < -0.3 is 28.9 Å². The standard InChI is InChI=1S/C16H11FN2O3.C16H8FNO2.C10H11O4P.C8H4FNO.C8H6O3.B/c17-13-6-5-9(7-12(13)16(21)22)8-14-10-3-1-2-4-11(10)15(20)19-18-14;17-14-6-5-10(7-11(14)9-18)8-15-12-3-1-2-4-13(12)16(19)20-15;1-13-15(2,12)10-8-6-4-3-5-7(8)9(11)14-10;9-8-2-1-6(5-11)3-7(8)4-10;9-7-5-3-1-2-4-6(5)8(10)11-7;/h1-7H,8H2,(H,19,20)(H,21,22);1-8H;3-6,10H,1-2H3;1-3,5H;1-4,7,9H;/b;15-8-;;;;. The van der Waals surface area contributed by atoms with E-state index in [2.05, 4.69) is 14.9 Å². The summed E-state index contributed by atoms with van der Waals surface area (Å²) < 4.78 is 70.9. The fourth-order valence-corrected chi connectivity index (χ4v) is 9.02. The fourth-order valence-electron chi connectivity index (χ4n) is 7.81. The predicted octanol–water partition coefficient (Wildman–Crippen LogP) is 10.1. The summed E-state index contributed by atoms with van der Waals surface area (Å²) in [5.41, 5.74) is 4.62. The summed E-state index contributed by atoms with van der Waals surface area (Å²) in [7, 11) is -1.58. The number of H-pyrrole nitrogens is 1. The number of carboxylic acid groups (broad SMARTS) is 1. The molecule has 0 bridgehead atoms. The van der Waals surface area contributed by atoms with Gasteiger partial charge in [-0.2, -0.15) is 15.6 Å². The number of rotatable bonds is 7. The van der Waals surface area contributed by atoms with Gasteiger partial charge in [0.05, 0.1) is 44.5 Å². The Morgan fingerprint density at radius 3 is 1.82 bits per heavy atom. The van der Waals surface area contributed by atoms with Gasteiger partial charge in [0.2, 0.25) is 19.5 Å². The normalized spacial score (nSPS) is 15.1. The van der Waals surface area contributed by atoms with Crippen molar-refractivity contribution in [3.8, 4) is 12.1 Å². The van der Waals surface area contributed by atoms with E-state index in [1.54, 1.807) is 115 Å². The molecule has 399 valence electrons. The summed E-state index contributed by atoms with van der Waals surface area (Å²) in [6, 6.07) is 42.8. The third-order valence-electron chi connectivity index (χ3n) is 11.8. The lowest BCUT2D eigenvalue weighted by atomic mass is 10.0. The van der Waals surface area contributed by atoms with Crippen LogP contribution in [-0.2, 0) is 29.7 Å². The summed E-state index contributed by atoms with van der Waals surface area (Å²) in [5.74, 6) is -4.92. The molecule has 0 saturated heterocycles. The number of nitrogens with one attached hydrogen (secondary N) is 1. The maximum atomic E-state index is 13.4. The number of aldehydes is 1. The third-order valence-corrected chi connectivity index (χ3v) is 13.8. The van der Waals surface area contributed by atoms with Crippen LogP contribution in [0.5, 0.6) is 0 Å². The second kappa shape index (κ2) is 26.3. The molecule has 0 amide bonds. The van der Waals surface area contributed by atoms with Gasteiger partial charge in [0.1, 0.15) is 41.6 Å². The molecule has 8 aromatic rings. The first-order valence-electron chi connectivity index (χ1n) is 23.1. The maximum absolute atomic E-state index is 13.4.